The second-order valence-electron chi connectivity index (χ2n) is 7.53. The van der Waals surface area contributed by atoms with Crippen molar-refractivity contribution in [1.82, 2.24) is 4.98 Å². The van der Waals surface area contributed by atoms with Crippen LogP contribution in [0.3, 0.4) is 0 Å². The molecule has 1 aromatic heterocycles. The topological polar surface area (TPSA) is 104 Å². The molecule has 1 aliphatic heterocycles. The number of anilines is 1. The van der Waals surface area contributed by atoms with Crippen LogP contribution >= 0.6 is 0 Å². The van der Waals surface area contributed by atoms with Crippen molar-refractivity contribution in [1.29, 1.82) is 0 Å². The number of nitrogens with two attached hydrogens (primary N) is 1. The van der Waals surface area contributed by atoms with Crippen LogP contribution in [0.15, 0.2) is 30.5 Å². The summed E-state index contributed by atoms with van der Waals surface area (Å²) >= 11 is 0. The van der Waals surface area contributed by atoms with E-state index in [0.717, 1.165) is 25.3 Å². The molecule has 2 aliphatic rings. The number of benzene rings is 1. The Morgan fingerprint density at radius 3 is 2.62 bits per heavy atom. The molecule has 0 bridgehead atoms. The Kier molecular flexibility index (Phi) is 5.07. The van der Waals surface area contributed by atoms with Gasteiger partial charge in [0.1, 0.15) is 11.8 Å². The fourth-order valence-electron chi connectivity index (χ4n) is 4.19. The highest BCUT2D eigenvalue weighted by molar-refractivity contribution is 5.97. The lowest BCUT2D eigenvalue weighted by molar-refractivity contribution is -0.236. The highest BCUT2D eigenvalue weighted by Crippen LogP contribution is 2.69. The first-order chi connectivity index (χ1) is 15.0. The van der Waals surface area contributed by atoms with Gasteiger partial charge in [0.05, 0.1) is 7.11 Å². The molecule has 12 heteroatoms. The summed E-state index contributed by atoms with van der Waals surface area (Å²) in [6.07, 6.45) is -5.74. The molecule has 1 saturated heterocycles. The van der Waals surface area contributed by atoms with E-state index in [-0.39, 0.29) is 16.9 Å². The highest BCUT2D eigenvalue weighted by Gasteiger charge is 2.80. The van der Waals surface area contributed by atoms with Crippen LogP contribution < -0.4 is 15.8 Å². The molecule has 1 aromatic carbocycles. The monoisotopic (exact) mass is 457 g/mol. The number of amides is 2. The zero-order valence-electron chi connectivity index (χ0n) is 16.4. The summed E-state index contributed by atoms with van der Waals surface area (Å²) in [6.45, 7) is 0. The van der Waals surface area contributed by atoms with Crippen molar-refractivity contribution in [2.75, 3.05) is 12.4 Å². The Morgan fingerprint density at radius 1 is 1.28 bits per heavy atom. The molecule has 1 saturated carbocycles. The molecular formula is C20H16F5N3O4. The molecule has 7 nitrogen and oxygen atoms in total. The number of rotatable bonds is 5. The standard InChI is InChI=1S/C20H16F5N3O4/c1-31-15-9(2-3-11(21)14(15)22)13-10-7-19(10,20(23,24)25)32-16(13)18(30)28-8-4-5-27-12(6-8)17(26)29/h2-6,10,13,16H,7H2,1H3,(H2,26,29)(H,27,28,30)/t10?,13-,16-,19-/m1/s1. The number of halogens is 5. The molecule has 170 valence electrons. The molecule has 0 spiro atoms. The number of fused-ring (bicyclic) bond motifs is 1. The lowest BCUT2D eigenvalue weighted by Crippen LogP contribution is -2.39. The van der Waals surface area contributed by atoms with E-state index >= 15 is 0 Å². The molecule has 2 amide bonds. The van der Waals surface area contributed by atoms with Gasteiger partial charge >= 0.3 is 6.18 Å². The van der Waals surface area contributed by atoms with Gasteiger partial charge in [0.2, 0.25) is 5.82 Å². The number of nitrogens with zero attached hydrogens (tertiary/aromatic N) is 1. The van der Waals surface area contributed by atoms with Crippen molar-refractivity contribution in [3.63, 3.8) is 0 Å². The molecule has 4 rings (SSSR count). The van der Waals surface area contributed by atoms with Gasteiger partial charge in [0, 0.05) is 29.3 Å². The summed E-state index contributed by atoms with van der Waals surface area (Å²) < 4.78 is 79.2. The first kappa shape index (κ1) is 21.9. The van der Waals surface area contributed by atoms with Crippen molar-refractivity contribution in [2.24, 2.45) is 11.7 Å². The third-order valence-corrected chi connectivity index (χ3v) is 5.72. The van der Waals surface area contributed by atoms with Crippen LogP contribution in [0.2, 0.25) is 0 Å². The van der Waals surface area contributed by atoms with E-state index in [1.807, 2.05) is 0 Å². The maximum Gasteiger partial charge on any atom is 0.417 e. The number of carbonyl (C=O) groups excluding carboxylic acids is 2. The normalized spacial score (nSPS) is 26.4. The SMILES string of the molecule is COc1c([C@@H]2C3C[C@@]3(C(F)(F)F)O[C@H]2C(=O)Nc2ccnc(C(N)=O)c2)ccc(F)c1F. The second-order valence-corrected chi connectivity index (χ2v) is 7.53. The summed E-state index contributed by atoms with van der Waals surface area (Å²) in [5.41, 5.74) is 2.31. The number of nitrogens with one attached hydrogen (secondary N) is 1. The third kappa shape index (κ3) is 3.34. The Bertz CT molecular complexity index is 1110. The molecule has 2 fully saturated rings. The van der Waals surface area contributed by atoms with Crippen LogP contribution in [0.5, 0.6) is 5.75 Å². The fraction of sp³-hybridized carbons (Fsp3) is 0.350. The minimum atomic E-state index is -4.79. The van der Waals surface area contributed by atoms with Gasteiger partial charge < -0.3 is 20.5 Å². The third-order valence-electron chi connectivity index (χ3n) is 5.72. The highest BCUT2D eigenvalue weighted by atomic mass is 19.4. The Hall–Kier alpha value is -3.28. The van der Waals surface area contributed by atoms with Crippen molar-refractivity contribution in [3.8, 4) is 5.75 Å². The Labute approximate surface area is 177 Å². The second kappa shape index (κ2) is 7.40. The van der Waals surface area contributed by atoms with Crippen LogP contribution in [0, 0.1) is 17.6 Å². The van der Waals surface area contributed by atoms with Gasteiger partial charge in [-0.05, 0) is 24.6 Å². The lowest BCUT2D eigenvalue weighted by Gasteiger charge is -2.24. The summed E-state index contributed by atoms with van der Waals surface area (Å²) in [6, 6.07) is 4.27. The zero-order valence-corrected chi connectivity index (χ0v) is 16.4. The quantitative estimate of drug-likeness (QED) is 0.673. The number of hydrogen-bond donors (Lipinski definition) is 2. The predicted molar refractivity (Wildman–Crippen MR) is 98.8 cm³/mol. The number of alkyl halides is 3. The fourth-order valence-corrected chi connectivity index (χ4v) is 4.19. The van der Waals surface area contributed by atoms with E-state index in [1.165, 1.54) is 12.3 Å². The average molecular weight is 457 g/mol. The number of pyridine rings is 1. The maximum absolute atomic E-state index is 14.3. The summed E-state index contributed by atoms with van der Waals surface area (Å²) in [5, 5.41) is 2.36. The average Bonchev–Trinajstić information content (AvgIpc) is 3.37. The predicted octanol–water partition coefficient (Wildman–Crippen LogP) is 2.91. The van der Waals surface area contributed by atoms with Crippen molar-refractivity contribution in [2.45, 2.75) is 30.2 Å². The summed E-state index contributed by atoms with van der Waals surface area (Å²) in [4.78, 5) is 27.9. The number of hydrogen-bond acceptors (Lipinski definition) is 5. The number of ether oxygens (including phenoxy) is 2. The van der Waals surface area contributed by atoms with Crippen LogP contribution in [-0.2, 0) is 9.53 Å². The van der Waals surface area contributed by atoms with Gasteiger partial charge in [-0.1, -0.05) is 6.07 Å². The van der Waals surface area contributed by atoms with E-state index in [0.29, 0.717) is 0 Å². The van der Waals surface area contributed by atoms with Gasteiger partial charge in [-0.3, -0.25) is 14.6 Å². The number of carbonyl (C=O) groups is 2. The van der Waals surface area contributed by atoms with Crippen LogP contribution in [0.1, 0.15) is 28.4 Å². The van der Waals surface area contributed by atoms with E-state index in [4.69, 9.17) is 15.2 Å². The molecule has 3 N–H and O–H groups in total. The van der Waals surface area contributed by atoms with E-state index in [9.17, 15) is 31.5 Å². The first-order valence-corrected chi connectivity index (χ1v) is 9.33. The number of aromatic nitrogens is 1. The van der Waals surface area contributed by atoms with Gasteiger partial charge in [-0.2, -0.15) is 17.6 Å². The molecular weight excluding hydrogens is 441 g/mol. The molecule has 32 heavy (non-hydrogen) atoms. The molecule has 0 radical (unpaired) electrons. The van der Waals surface area contributed by atoms with Gasteiger partial charge in [-0.25, -0.2) is 4.39 Å². The molecule has 4 atom stereocenters. The number of primary amides is 1. The van der Waals surface area contributed by atoms with Gasteiger partial charge in [-0.15, -0.1) is 0 Å². The van der Waals surface area contributed by atoms with E-state index in [2.05, 4.69) is 10.3 Å². The Balaban J connectivity index is 1.72. The largest absolute Gasteiger partial charge is 0.493 e. The Morgan fingerprint density at radius 2 is 2.00 bits per heavy atom. The van der Waals surface area contributed by atoms with Crippen molar-refractivity contribution in [3.05, 3.63) is 53.4 Å². The van der Waals surface area contributed by atoms with Crippen LogP contribution in [0.4, 0.5) is 27.6 Å². The minimum absolute atomic E-state index is 0.0417. The van der Waals surface area contributed by atoms with E-state index in [1.54, 1.807) is 0 Å². The van der Waals surface area contributed by atoms with Gasteiger partial charge in [0.15, 0.2) is 17.2 Å². The summed E-state index contributed by atoms with van der Waals surface area (Å²) in [7, 11) is 1.04. The lowest BCUT2D eigenvalue weighted by atomic mass is 9.87. The number of methoxy groups -OCH3 is 1. The summed E-state index contributed by atoms with van der Waals surface area (Å²) in [5.74, 6) is -7.54. The molecule has 1 aliphatic carbocycles. The van der Waals surface area contributed by atoms with Crippen molar-refractivity contribution < 1.29 is 41.0 Å². The van der Waals surface area contributed by atoms with Crippen LogP contribution in [-0.4, -0.2) is 41.8 Å². The van der Waals surface area contributed by atoms with E-state index < -0.39 is 65.3 Å². The molecule has 1 unspecified atom stereocenters. The van der Waals surface area contributed by atoms with Gasteiger partial charge in [0.25, 0.3) is 11.8 Å². The minimum Gasteiger partial charge on any atom is -0.493 e. The van der Waals surface area contributed by atoms with Crippen LogP contribution in [0.25, 0.3) is 0 Å². The maximum atomic E-state index is 14.3. The van der Waals surface area contributed by atoms with Crippen molar-refractivity contribution >= 4 is 17.5 Å². The first-order valence-electron chi connectivity index (χ1n) is 9.33. The molecule has 2 aromatic rings. The molecule has 2 heterocycles. The smallest absolute Gasteiger partial charge is 0.417 e. The zero-order chi connectivity index (χ0) is 23.4.